The quantitative estimate of drug-likeness (QED) is 0.815. The molecule has 0 amide bonds. The maximum Gasteiger partial charge on any atom is 0.145 e. The highest BCUT2D eigenvalue weighted by atomic mass is 19.1. The molecule has 0 heterocycles. The molecule has 3 nitrogen and oxygen atoms in total. The van der Waals surface area contributed by atoms with Crippen LogP contribution in [0, 0.1) is 12.7 Å². The molecule has 0 aliphatic carbocycles. The lowest BCUT2D eigenvalue weighted by Crippen LogP contribution is -1.98. The molecule has 18 heavy (non-hydrogen) atoms. The molecule has 0 atom stereocenters. The third kappa shape index (κ3) is 2.53. The SMILES string of the molecule is COc1cc(F)ccc1Nc1cc(N)ccc1C. The number of hydrogen-bond donors (Lipinski definition) is 2. The summed E-state index contributed by atoms with van der Waals surface area (Å²) >= 11 is 0. The molecule has 0 fully saturated rings. The van der Waals surface area contributed by atoms with Crippen molar-refractivity contribution in [3.05, 3.63) is 47.8 Å². The number of methoxy groups -OCH3 is 1. The normalized spacial score (nSPS) is 10.2. The standard InChI is InChI=1S/C14H15FN2O/c1-9-3-5-11(16)8-13(9)17-12-6-4-10(15)7-14(12)18-2/h3-8,17H,16H2,1-2H3. The summed E-state index contributed by atoms with van der Waals surface area (Å²) in [6.07, 6.45) is 0. The molecule has 2 aromatic carbocycles. The van der Waals surface area contributed by atoms with E-state index in [2.05, 4.69) is 5.32 Å². The van der Waals surface area contributed by atoms with Crippen LogP contribution in [-0.4, -0.2) is 7.11 Å². The van der Waals surface area contributed by atoms with Crippen molar-refractivity contribution in [3.63, 3.8) is 0 Å². The lowest BCUT2D eigenvalue weighted by atomic mass is 10.1. The first-order chi connectivity index (χ1) is 8.60. The Labute approximate surface area is 105 Å². The minimum Gasteiger partial charge on any atom is -0.494 e. The van der Waals surface area contributed by atoms with E-state index >= 15 is 0 Å². The Hall–Kier alpha value is -2.23. The van der Waals surface area contributed by atoms with Crippen LogP contribution in [0.5, 0.6) is 5.75 Å². The Morgan fingerprint density at radius 1 is 1.11 bits per heavy atom. The second-order valence-corrected chi connectivity index (χ2v) is 4.04. The van der Waals surface area contributed by atoms with Crippen LogP contribution >= 0.6 is 0 Å². The van der Waals surface area contributed by atoms with Gasteiger partial charge in [0.25, 0.3) is 0 Å². The number of halogens is 1. The molecule has 0 bridgehead atoms. The van der Waals surface area contributed by atoms with Crippen LogP contribution in [0.3, 0.4) is 0 Å². The first kappa shape index (κ1) is 12.2. The van der Waals surface area contributed by atoms with Crippen molar-refractivity contribution < 1.29 is 9.13 Å². The van der Waals surface area contributed by atoms with E-state index in [-0.39, 0.29) is 5.82 Å². The molecule has 2 aromatic rings. The zero-order valence-corrected chi connectivity index (χ0v) is 10.3. The maximum absolute atomic E-state index is 13.1. The molecule has 0 aliphatic rings. The molecule has 4 heteroatoms. The van der Waals surface area contributed by atoms with Crippen LogP contribution in [0.1, 0.15) is 5.56 Å². The number of nitrogens with two attached hydrogens (primary N) is 1. The van der Waals surface area contributed by atoms with Crippen molar-refractivity contribution >= 4 is 17.1 Å². The summed E-state index contributed by atoms with van der Waals surface area (Å²) in [7, 11) is 1.51. The Kier molecular flexibility index (Phi) is 3.37. The second-order valence-electron chi connectivity index (χ2n) is 4.04. The largest absolute Gasteiger partial charge is 0.494 e. The summed E-state index contributed by atoms with van der Waals surface area (Å²) in [6, 6.07) is 9.95. The number of nitrogens with one attached hydrogen (secondary N) is 1. The van der Waals surface area contributed by atoms with Crippen LogP contribution in [0.2, 0.25) is 0 Å². The predicted molar refractivity (Wildman–Crippen MR) is 71.8 cm³/mol. The molecule has 0 radical (unpaired) electrons. The fraction of sp³-hybridized carbons (Fsp3) is 0.143. The molecule has 3 N–H and O–H groups in total. The van der Waals surface area contributed by atoms with Gasteiger partial charge in [-0.3, -0.25) is 0 Å². The van der Waals surface area contributed by atoms with Crippen LogP contribution in [0.4, 0.5) is 21.5 Å². The number of rotatable bonds is 3. The van der Waals surface area contributed by atoms with Gasteiger partial charge in [0, 0.05) is 17.4 Å². The van der Waals surface area contributed by atoms with Gasteiger partial charge >= 0.3 is 0 Å². The smallest absolute Gasteiger partial charge is 0.145 e. The van der Waals surface area contributed by atoms with Crippen LogP contribution in [0.25, 0.3) is 0 Å². The molecule has 0 aromatic heterocycles. The van der Waals surface area contributed by atoms with Crippen molar-refractivity contribution in [1.29, 1.82) is 0 Å². The lowest BCUT2D eigenvalue weighted by Gasteiger charge is -2.13. The Bertz CT molecular complexity index is 570. The van der Waals surface area contributed by atoms with Crippen molar-refractivity contribution in [2.75, 3.05) is 18.2 Å². The van der Waals surface area contributed by atoms with Crippen molar-refractivity contribution in [2.24, 2.45) is 0 Å². The van der Waals surface area contributed by atoms with Gasteiger partial charge in [-0.15, -0.1) is 0 Å². The van der Waals surface area contributed by atoms with Crippen LogP contribution in [0.15, 0.2) is 36.4 Å². The summed E-state index contributed by atoms with van der Waals surface area (Å²) in [4.78, 5) is 0. The predicted octanol–water partition coefficient (Wildman–Crippen LogP) is 3.47. The third-order valence-electron chi connectivity index (χ3n) is 2.69. The zero-order valence-electron chi connectivity index (χ0n) is 10.3. The summed E-state index contributed by atoms with van der Waals surface area (Å²) in [5, 5.41) is 3.19. The van der Waals surface area contributed by atoms with Gasteiger partial charge in [0.2, 0.25) is 0 Å². The van der Waals surface area contributed by atoms with E-state index in [9.17, 15) is 4.39 Å². The number of nitrogen functional groups attached to an aromatic ring is 1. The average molecular weight is 246 g/mol. The van der Waals surface area contributed by atoms with E-state index in [0.717, 1.165) is 11.3 Å². The van der Waals surface area contributed by atoms with Gasteiger partial charge in [0.05, 0.1) is 12.8 Å². The van der Waals surface area contributed by atoms with Gasteiger partial charge in [-0.05, 0) is 36.8 Å². The van der Waals surface area contributed by atoms with Crippen LogP contribution < -0.4 is 15.8 Å². The van der Waals surface area contributed by atoms with E-state index in [4.69, 9.17) is 10.5 Å². The van der Waals surface area contributed by atoms with Gasteiger partial charge in [-0.2, -0.15) is 0 Å². The summed E-state index contributed by atoms with van der Waals surface area (Å²) < 4.78 is 18.2. The van der Waals surface area contributed by atoms with Crippen LogP contribution in [-0.2, 0) is 0 Å². The molecule has 0 saturated carbocycles. The van der Waals surface area contributed by atoms with Crippen molar-refractivity contribution in [3.8, 4) is 5.75 Å². The highest BCUT2D eigenvalue weighted by molar-refractivity contribution is 5.70. The number of benzene rings is 2. The zero-order chi connectivity index (χ0) is 13.1. The van der Waals surface area contributed by atoms with E-state index in [0.29, 0.717) is 17.1 Å². The Balaban J connectivity index is 2.36. The Morgan fingerprint density at radius 3 is 2.61 bits per heavy atom. The Morgan fingerprint density at radius 2 is 1.89 bits per heavy atom. The molecule has 94 valence electrons. The first-order valence-electron chi connectivity index (χ1n) is 5.57. The molecule has 2 rings (SSSR count). The fourth-order valence-corrected chi connectivity index (χ4v) is 1.69. The molecule has 0 saturated heterocycles. The van der Waals surface area contributed by atoms with E-state index in [1.807, 2.05) is 25.1 Å². The highest BCUT2D eigenvalue weighted by Crippen LogP contribution is 2.30. The average Bonchev–Trinajstić information content (AvgIpc) is 2.36. The lowest BCUT2D eigenvalue weighted by molar-refractivity contribution is 0.413. The summed E-state index contributed by atoms with van der Waals surface area (Å²) in [5.41, 5.74) is 9.04. The molecular formula is C14H15FN2O. The van der Waals surface area contributed by atoms with E-state index in [1.54, 1.807) is 6.07 Å². The van der Waals surface area contributed by atoms with Gasteiger partial charge in [0.1, 0.15) is 11.6 Å². The highest BCUT2D eigenvalue weighted by Gasteiger charge is 2.06. The number of ether oxygens (including phenoxy) is 1. The van der Waals surface area contributed by atoms with Crippen molar-refractivity contribution in [2.45, 2.75) is 6.92 Å². The topological polar surface area (TPSA) is 47.3 Å². The number of anilines is 3. The van der Waals surface area contributed by atoms with Gasteiger partial charge in [-0.1, -0.05) is 6.07 Å². The number of hydrogen-bond acceptors (Lipinski definition) is 3. The number of aryl methyl sites for hydroxylation is 1. The van der Waals surface area contributed by atoms with Gasteiger partial charge in [-0.25, -0.2) is 4.39 Å². The maximum atomic E-state index is 13.1. The minimum absolute atomic E-state index is 0.332. The monoisotopic (exact) mass is 246 g/mol. The van der Waals surface area contributed by atoms with E-state index in [1.165, 1.54) is 19.2 Å². The summed E-state index contributed by atoms with van der Waals surface area (Å²) in [5.74, 6) is 0.124. The van der Waals surface area contributed by atoms with Gasteiger partial charge < -0.3 is 15.8 Å². The molecule has 0 aliphatic heterocycles. The third-order valence-corrected chi connectivity index (χ3v) is 2.69. The van der Waals surface area contributed by atoms with Crippen molar-refractivity contribution in [1.82, 2.24) is 0 Å². The first-order valence-corrected chi connectivity index (χ1v) is 5.57. The molecule has 0 spiro atoms. The second kappa shape index (κ2) is 4.96. The molecular weight excluding hydrogens is 231 g/mol. The van der Waals surface area contributed by atoms with Gasteiger partial charge in [0.15, 0.2) is 0 Å². The fourth-order valence-electron chi connectivity index (χ4n) is 1.69. The van der Waals surface area contributed by atoms with E-state index < -0.39 is 0 Å². The molecule has 0 unspecified atom stereocenters. The summed E-state index contributed by atoms with van der Waals surface area (Å²) in [6.45, 7) is 1.97. The minimum atomic E-state index is -0.332.